The predicted molar refractivity (Wildman–Crippen MR) is 127 cm³/mol. The van der Waals surface area contributed by atoms with E-state index in [-0.39, 0.29) is 0 Å². The van der Waals surface area contributed by atoms with Gasteiger partial charge in [-0.15, -0.1) is 0 Å². The summed E-state index contributed by atoms with van der Waals surface area (Å²) in [7, 11) is 7.60. The van der Waals surface area contributed by atoms with E-state index < -0.39 is 0 Å². The summed E-state index contributed by atoms with van der Waals surface area (Å²) < 4.78 is 13.3. The number of pyridine rings is 1. The number of methoxy groups -OCH3 is 2. The van der Waals surface area contributed by atoms with Crippen LogP contribution in [0.15, 0.2) is 67.1 Å². The van der Waals surface area contributed by atoms with Crippen molar-refractivity contribution in [2.45, 2.75) is 13.0 Å². The van der Waals surface area contributed by atoms with Gasteiger partial charge >= 0.3 is 0 Å². The summed E-state index contributed by atoms with van der Waals surface area (Å²) in [5, 5.41) is 1.16. The van der Waals surface area contributed by atoms with E-state index in [4.69, 9.17) is 9.47 Å². The van der Waals surface area contributed by atoms with E-state index in [0.717, 1.165) is 45.7 Å². The molecule has 0 saturated heterocycles. The molecule has 2 aromatic heterocycles. The number of rotatable bonds is 7. The third-order valence-corrected chi connectivity index (χ3v) is 5.60. The summed E-state index contributed by atoms with van der Waals surface area (Å²) >= 11 is 0. The minimum atomic E-state index is 0.328. The lowest BCUT2D eigenvalue weighted by Gasteiger charge is -2.19. The highest BCUT2D eigenvalue weighted by Crippen LogP contribution is 2.36. The van der Waals surface area contributed by atoms with E-state index in [1.165, 1.54) is 5.52 Å². The van der Waals surface area contributed by atoms with Gasteiger partial charge in [-0.05, 0) is 63.0 Å². The highest BCUT2D eigenvalue weighted by atomic mass is 16.5. The van der Waals surface area contributed by atoms with Gasteiger partial charge in [0.05, 0.1) is 14.2 Å². The van der Waals surface area contributed by atoms with Gasteiger partial charge in [-0.3, -0.25) is 4.98 Å². The lowest BCUT2D eigenvalue weighted by atomic mass is 10.0. The highest BCUT2D eigenvalue weighted by molar-refractivity contribution is 5.97. The van der Waals surface area contributed by atoms with Crippen molar-refractivity contribution >= 4 is 10.9 Å². The summed E-state index contributed by atoms with van der Waals surface area (Å²) in [5.74, 6) is 1.69. The maximum Gasteiger partial charge on any atom is 0.119 e. The first kappa shape index (κ1) is 20.9. The Bertz CT molecular complexity index is 1200. The van der Waals surface area contributed by atoms with Crippen molar-refractivity contribution in [2.75, 3.05) is 34.9 Å². The van der Waals surface area contributed by atoms with Gasteiger partial charge in [0.25, 0.3) is 0 Å². The molecule has 31 heavy (non-hydrogen) atoms. The molecule has 2 aromatic carbocycles. The topological polar surface area (TPSA) is 39.5 Å². The highest BCUT2D eigenvalue weighted by Gasteiger charge is 2.16. The summed E-state index contributed by atoms with van der Waals surface area (Å²) in [6.45, 7) is 3.20. The Balaban J connectivity index is 1.85. The number of likely N-dealkylation sites (N-methyl/N-ethyl adjacent to an activating group) is 1. The first-order chi connectivity index (χ1) is 15.0. The third-order valence-electron chi connectivity index (χ3n) is 5.60. The SMILES string of the molecule is COc1cccc(-c2cncc(-c3cn(C(C)CN(C)C)c4ccc(OC)cc34)c2)c1. The Morgan fingerprint density at radius 2 is 1.65 bits per heavy atom. The van der Waals surface area contributed by atoms with Gasteiger partial charge in [-0.25, -0.2) is 0 Å². The fourth-order valence-electron chi connectivity index (χ4n) is 4.12. The van der Waals surface area contributed by atoms with E-state index >= 15 is 0 Å². The Morgan fingerprint density at radius 3 is 2.39 bits per heavy atom. The Labute approximate surface area is 183 Å². The third kappa shape index (κ3) is 4.28. The van der Waals surface area contributed by atoms with Crippen molar-refractivity contribution in [1.82, 2.24) is 14.5 Å². The molecule has 0 amide bonds. The van der Waals surface area contributed by atoms with Gasteiger partial charge in [0.2, 0.25) is 0 Å². The molecule has 0 spiro atoms. The zero-order valence-electron chi connectivity index (χ0n) is 18.8. The lowest BCUT2D eigenvalue weighted by Crippen LogP contribution is -2.21. The minimum Gasteiger partial charge on any atom is -0.497 e. The molecule has 0 aliphatic rings. The molecule has 0 aliphatic heterocycles. The van der Waals surface area contributed by atoms with Crippen molar-refractivity contribution < 1.29 is 9.47 Å². The van der Waals surface area contributed by atoms with Crippen LogP contribution in [0.2, 0.25) is 0 Å². The number of fused-ring (bicyclic) bond motifs is 1. The number of nitrogens with zero attached hydrogens (tertiary/aromatic N) is 3. The van der Waals surface area contributed by atoms with Crippen molar-refractivity contribution in [3.8, 4) is 33.8 Å². The second-order valence-corrected chi connectivity index (χ2v) is 8.14. The molecule has 0 N–H and O–H groups in total. The summed E-state index contributed by atoms with van der Waals surface area (Å²) in [6.07, 6.45) is 6.07. The number of hydrogen-bond donors (Lipinski definition) is 0. The van der Waals surface area contributed by atoms with Crippen molar-refractivity contribution in [3.63, 3.8) is 0 Å². The van der Waals surface area contributed by atoms with E-state index in [9.17, 15) is 0 Å². The monoisotopic (exact) mass is 415 g/mol. The quantitative estimate of drug-likeness (QED) is 0.399. The zero-order valence-corrected chi connectivity index (χ0v) is 18.8. The smallest absolute Gasteiger partial charge is 0.119 e. The molecule has 160 valence electrons. The van der Waals surface area contributed by atoms with Gasteiger partial charge < -0.3 is 18.9 Å². The Morgan fingerprint density at radius 1 is 0.903 bits per heavy atom. The van der Waals surface area contributed by atoms with E-state index in [1.807, 2.05) is 36.7 Å². The number of hydrogen-bond acceptors (Lipinski definition) is 4. The van der Waals surface area contributed by atoms with Crippen LogP contribution in [-0.2, 0) is 0 Å². The first-order valence-corrected chi connectivity index (χ1v) is 10.4. The van der Waals surface area contributed by atoms with E-state index in [1.54, 1.807) is 14.2 Å². The maximum atomic E-state index is 5.52. The van der Waals surface area contributed by atoms with Crippen LogP contribution in [0.25, 0.3) is 33.2 Å². The molecule has 4 rings (SSSR count). The molecule has 0 bridgehead atoms. The van der Waals surface area contributed by atoms with Gasteiger partial charge in [0, 0.05) is 58.8 Å². The molecule has 5 nitrogen and oxygen atoms in total. The van der Waals surface area contributed by atoms with Crippen LogP contribution < -0.4 is 9.47 Å². The predicted octanol–water partition coefficient (Wildman–Crippen LogP) is 5.51. The largest absolute Gasteiger partial charge is 0.497 e. The Hall–Kier alpha value is -3.31. The van der Waals surface area contributed by atoms with Crippen molar-refractivity contribution in [2.24, 2.45) is 0 Å². The summed E-state index contributed by atoms with van der Waals surface area (Å²) in [5.41, 5.74) is 5.56. The molecule has 0 fully saturated rings. The van der Waals surface area contributed by atoms with E-state index in [0.29, 0.717) is 6.04 Å². The number of ether oxygens (including phenoxy) is 2. The minimum absolute atomic E-state index is 0.328. The van der Waals surface area contributed by atoms with Gasteiger partial charge in [-0.1, -0.05) is 12.1 Å². The van der Waals surface area contributed by atoms with Crippen LogP contribution in [0.5, 0.6) is 11.5 Å². The lowest BCUT2D eigenvalue weighted by molar-refractivity contribution is 0.341. The number of benzene rings is 2. The van der Waals surface area contributed by atoms with Gasteiger partial charge in [0.15, 0.2) is 0 Å². The average molecular weight is 416 g/mol. The molecule has 4 aromatic rings. The van der Waals surface area contributed by atoms with Crippen molar-refractivity contribution in [3.05, 3.63) is 67.1 Å². The van der Waals surface area contributed by atoms with Crippen molar-refractivity contribution in [1.29, 1.82) is 0 Å². The molecular formula is C26H29N3O2. The average Bonchev–Trinajstić information content (AvgIpc) is 3.17. The molecule has 0 radical (unpaired) electrons. The first-order valence-electron chi connectivity index (χ1n) is 10.4. The standard InChI is InChI=1S/C26H29N3O2/c1-18(16-28(2)3)29-17-25(24-13-23(31-5)9-10-26(24)29)21-11-20(14-27-15-21)19-7-6-8-22(12-19)30-4/h6-15,17-18H,16H2,1-5H3. The normalized spacial score (nSPS) is 12.3. The molecule has 0 saturated carbocycles. The maximum absolute atomic E-state index is 5.52. The molecule has 1 unspecified atom stereocenters. The second kappa shape index (κ2) is 8.82. The zero-order chi connectivity index (χ0) is 22.0. The van der Waals surface area contributed by atoms with Crippen LogP contribution >= 0.6 is 0 Å². The molecular weight excluding hydrogens is 386 g/mol. The Kier molecular flexibility index (Phi) is 5.96. The van der Waals surface area contributed by atoms with Gasteiger partial charge in [-0.2, -0.15) is 0 Å². The summed E-state index contributed by atoms with van der Waals surface area (Å²) in [6, 6.07) is 16.9. The van der Waals surface area contributed by atoms with Crippen LogP contribution in [0, 0.1) is 0 Å². The van der Waals surface area contributed by atoms with Crippen LogP contribution in [-0.4, -0.2) is 49.3 Å². The fourth-order valence-corrected chi connectivity index (χ4v) is 4.12. The molecule has 2 heterocycles. The van der Waals surface area contributed by atoms with Crippen LogP contribution in [0.4, 0.5) is 0 Å². The fraction of sp³-hybridized carbons (Fsp3) is 0.269. The number of aromatic nitrogens is 2. The van der Waals surface area contributed by atoms with E-state index in [2.05, 4.69) is 65.9 Å². The molecule has 1 atom stereocenters. The van der Waals surface area contributed by atoms with Gasteiger partial charge in [0.1, 0.15) is 11.5 Å². The summed E-state index contributed by atoms with van der Waals surface area (Å²) in [4.78, 5) is 6.77. The van der Waals surface area contributed by atoms with Crippen LogP contribution in [0.3, 0.4) is 0 Å². The van der Waals surface area contributed by atoms with Crippen LogP contribution in [0.1, 0.15) is 13.0 Å². The second-order valence-electron chi connectivity index (χ2n) is 8.14. The molecule has 5 heteroatoms. The molecule has 0 aliphatic carbocycles.